The summed E-state index contributed by atoms with van der Waals surface area (Å²) in [6.45, 7) is 3.25. The van der Waals surface area contributed by atoms with Crippen LogP contribution < -0.4 is 5.32 Å². The molecule has 1 aliphatic carbocycles. The van der Waals surface area contributed by atoms with Crippen molar-refractivity contribution in [2.24, 2.45) is 5.92 Å². The number of nitrogens with zero attached hydrogens (tertiary/aromatic N) is 7. The SMILES string of the molecule is CN1CCN(C(=O)c2cccc(Nc3nccc(-c4cnn(C(CC#N)C5CCCC5)c4)n3)c2)CC1. The number of carbonyl (C=O) groups excluding carboxylic acids is 1. The minimum atomic E-state index is 0.0445. The molecular weight excluding hydrogens is 452 g/mol. The lowest BCUT2D eigenvalue weighted by atomic mass is 9.96. The van der Waals surface area contributed by atoms with Crippen LogP contribution in [0.5, 0.6) is 0 Å². The highest BCUT2D eigenvalue weighted by Gasteiger charge is 2.27. The zero-order chi connectivity index (χ0) is 24.9. The third-order valence-electron chi connectivity index (χ3n) is 7.29. The largest absolute Gasteiger partial charge is 0.336 e. The van der Waals surface area contributed by atoms with E-state index in [2.05, 4.69) is 38.4 Å². The van der Waals surface area contributed by atoms with E-state index in [1.54, 1.807) is 12.4 Å². The summed E-state index contributed by atoms with van der Waals surface area (Å²) < 4.78 is 1.94. The van der Waals surface area contributed by atoms with Gasteiger partial charge >= 0.3 is 0 Å². The van der Waals surface area contributed by atoms with Crippen molar-refractivity contribution >= 4 is 17.5 Å². The monoisotopic (exact) mass is 484 g/mol. The molecule has 1 saturated carbocycles. The van der Waals surface area contributed by atoms with E-state index in [-0.39, 0.29) is 11.9 Å². The average molecular weight is 485 g/mol. The van der Waals surface area contributed by atoms with Gasteiger partial charge in [0, 0.05) is 55.4 Å². The number of hydrogen-bond donors (Lipinski definition) is 1. The van der Waals surface area contributed by atoms with Crippen LogP contribution in [0.2, 0.25) is 0 Å². The standard InChI is InChI=1S/C27H32N8O/c1-33-13-15-34(16-14-33)26(36)21-7-4-8-23(17-21)31-27-29-12-10-24(32-27)22-18-30-35(19-22)25(9-11-28)20-5-2-3-6-20/h4,7-8,10,12,17-20,25H,2-3,5-6,9,13-16H2,1H3,(H,29,31,32). The van der Waals surface area contributed by atoms with Crippen molar-refractivity contribution in [2.75, 3.05) is 38.5 Å². The van der Waals surface area contributed by atoms with E-state index >= 15 is 0 Å². The van der Waals surface area contributed by atoms with Crippen LogP contribution in [0.1, 0.15) is 48.5 Å². The third-order valence-corrected chi connectivity index (χ3v) is 7.29. The Morgan fingerprint density at radius 1 is 1.19 bits per heavy atom. The number of benzene rings is 1. The van der Waals surface area contributed by atoms with Crippen LogP contribution in [-0.2, 0) is 0 Å². The molecule has 0 bridgehead atoms. The maximum Gasteiger partial charge on any atom is 0.254 e. The van der Waals surface area contributed by atoms with Crippen LogP contribution in [0.25, 0.3) is 11.3 Å². The molecule has 1 aromatic carbocycles. The number of carbonyl (C=O) groups is 1. The zero-order valence-electron chi connectivity index (χ0n) is 20.7. The molecule has 9 nitrogen and oxygen atoms in total. The first-order valence-corrected chi connectivity index (χ1v) is 12.7. The topological polar surface area (TPSA) is 103 Å². The Labute approximate surface area is 211 Å². The maximum absolute atomic E-state index is 13.0. The summed E-state index contributed by atoms with van der Waals surface area (Å²) in [4.78, 5) is 26.2. The summed E-state index contributed by atoms with van der Waals surface area (Å²) in [5.41, 5.74) is 3.06. The minimum Gasteiger partial charge on any atom is -0.336 e. The minimum absolute atomic E-state index is 0.0445. The number of likely N-dealkylation sites (N-methyl/N-ethyl adjacent to an activating group) is 1. The van der Waals surface area contributed by atoms with Crippen molar-refractivity contribution in [1.82, 2.24) is 29.5 Å². The number of piperazine rings is 1. The van der Waals surface area contributed by atoms with Crippen LogP contribution in [0.4, 0.5) is 11.6 Å². The molecule has 1 amide bonds. The predicted octanol–water partition coefficient (Wildman–Crippen LogP) is 4.12. The van der Waals surface area contributed by atoms with Crippen molar-refractivity contribution in [3.05, 3.63) is 54.5 Å². The summed E-state index contributed by atoms with van der Waals surface area (Å²) in [6, 6.07) is 11.8. The van der Waals surface area contributed by atoms with Gasteiger partial charge in [-0.2, -0.15) is 10.4 Å². The van der Waals surface area contributed by atoms with E-state index < -0.39 is 0 Å². The zero-order valence-corrected chi connectivity index (χ0v) is 20.7. The first-order chi connectivity index (χ1) is 17.6. The Kier molecular flexibility index (Phi) is 7.23. The quantitative estimate of drug-likeness (QED) is 0.538. The lowest BCUT2D eigenvalue weighted by Gasteiger charge is -2.32. The molecule has 2 aromatic heterocycles. The second kappa shape index (κ2) is 10.9. The van der Waals surface area contributed by atoms with E-state index in [9.17, 15) is 10.1 Å². The number of nitriles is 1. The Morgan fingerprint density at radius 2 is 2.00 bits per heavy atom. The van der Waals surface area contributed by atoms with Gasteiger partial charge in [-0.1, -0.05) is 18.9 Å². The molecule has 3 heterocycles. The molecule has 2 fully saturated rings. The van der Waals surface area contributed by atoms with Gasteiger partial charge in [0.1, 0.15) is 0 Å². The fourth-order valence-corrected chi connectivity index (χ4v) is 5.19. The highest BCUT2D eigenvalue weighted by Crippen LogP contribution is 2.36. The lowest BCUT2D eigenvalue weighted by Crippen LogP contribution is -2.47. The predicted molar refractivity (Wildman–Crippen MR) is 138 cm³/mol. The van der Waals surface area contributed by atoms with E-state index in [4.69, 9.17) is 0 Å². The van der Waals surface area contributed by atoms with Crippen molar-refractivity contribution in [3.63, 3.8) is 0 Å². The molecule has 1 saturated heterocycles. The number of hydrogen-bond acceptors (Lipinski definition) is 7. The number of nitrogens with one attached hydrogen (secondary N) is 1. The number of rotatable bonds is 7. The first-order valence-electron chi connectivity index (χ1n) is 12.7. The number of aromatic nitrogens is 4. The summed E-state index contributed by atoms with van der Waals surface area (Å²) in [6.07, 6.45) is 10.7. The molecule has 36 heavy (non-hydrogen) atoms. The first kappa shape index (κ1) is 23.9. The van der Waals surface area contributed by atoms with E-state index in [1.807, 2.05) is 46.1 Å². The number of amides is 1. The Morgan fingerprint density at radius 3 is 2.78 bits per heavy atom. The van der Waals surface area contributed by atoms with Crippen molar-refractivity contribution in [3.8, 4) is 17.3 Å². The van der Waals surface area contributed by atoms with Gasteiger partial charge < -0.3 is 15.1 Å². The Hall–Kier alpha value is -3.77. The van der Waals surface area contributed by atoms with E-state index in [0.29, 0.717) is 23.9 Å². The van der Waals surface area contributed by atoms with Crippen molar-refractivity contribution in [1.29, 1.82) is 5.26 Å². The lowest BCUT2D eigenvalue weighted by molar-refractivity contribution is 0.0664. The summed E-state index contributed by atoms with van der Waals surface area (Å²) in [7, 11) is 2.08. The van der Waals surface area contributed by atoms with Crippen LogP contribution >= 0.6 is 0 Å². The normalized spacial score (nSPS) is 17.6. The molecule has 9 heteroatoms. The fraction of sp³-hybridized carbons (Fsp3) is 0.444. The van der Waals surface area contributed by atoms with E-state index in [1.165, 1.54) is 12.8 Å². The Bertz CT molecular complexity index is 1230. The molecule has 186 valence electrons. The van der Waals surface area contributed by atoms with Gasteiger partial charge in [-0.15, -0.1) is 0 Å². The molecule has 3 aromatic rings. The van der Waals surface area contributed by atoms with E-state index in [0.717, 1.165) is 56.0 Å². The third kappa shape index (κ3) is 5.39. The van der Waals surface area contributed by atoms with Crippen LogP contribution in [0.15, 0.2) is 48.9 Å². The highest BCUT2D eigenvalue weighted by molar-refractivity contribution is 5.95. The average Bonchev–Trinajstić information content (AvgIpc) is 3.61. The number of anilines is 2. The summed E-state index contributed by atoms with van der Waals surface area (Å²) >= 11 is 0. The second-order valence-corrected chi connectivity index (χ2v) is 9.75. The van der Waals surface area contributed by atoms with Gasteiger partial charge in [-0.05, 0) is 50.1 Å². The summed E-state index contributed by atoms with van der Waals surface area (Å²) in [5, 5.41) is 17.2. The molecular formula is C27H32N8O. The van der Waals surface area contributed by atoms with Gasteiger partial charge in [-0.3, -0.25) is 9.48 Å². The summed E-state index contributed by atoms with van der Waals surface area (Å²) in [5.74, 6) is 0.998. The van der Waals surface area contributed by atoms with Gasteiger partial charge in [-0.25, -0.2) is 9.97 Å². The van der Waals surface area contributed by atoms with Gasteiger partial charge in [0.25, 0.3) is 5.91 Å². The van der Waals surface area contributed by atoms with Crippen molar-refractivity contribution < 1.29 is 4.79 Å². The molecule has 5 rings (SSSR count). The molecule has 1 aliphatic heterocycles. The molecule has 1 atom stereocenters. The van der Waals surface area contributed by atoms with Gasteiger partial charge in [0.05, 0.1) is 30.4 Å². The molecule has 1 N–H and O–H groups in total. The maximum atomic E-state index is 13.0. The molecule has 0 spiro atoms. The highest BCUT2D eigenvalue weighted by atomic mass is 16.2. The van der Waals surface area contributed by atoms with Crippen LogP contribution in [0.3, 0.4) is 0 Å². The van der Waals surface area contributed by atoms with Crippen molar-refractivity contribution in [2.45, 2.75) is 38.1 Å². The van der Waals surface area contributed by atoms with Gasteiger partial charge in [0.15, 0.2) is 0 Å². The molecule has 1 unspecified atom stereocenters. The smallest absolute Gasteiger partial charge is 0.254 e. The fourth-order valence-electron chi connectivity index (χ4n) is 5.19. The second-order valence-electron chi connectivity index (χ2n) is 9.75. The molecule has 2 aliphatic rings. The Balaban J connectivity index is 1.30. The van der Waals surface area contributed by atoms with Gasteiger partial charge in [0.2, 0.25) is 5.95 Å². The van der Waals surface area contributed by atoms with Crippen LogP contribution in [-0.4, -0.2) is 68.7 Å². The molecule has 0 radical (unpaired) electrons. The van der Waals surface area contributed by atoms with Crippen LogP contribution in [0, 0.1) is 17.2 Å².